The molecule has 1 aliphatic carbocycles. The van der Waals surface area contributed by atoms with Crippen LogP contribution in [-0.4, -0.2) is 29.1 Å². The van der Waals surface area contributed by atoms with Gasteiger partial charge in [0.05, 0.1) is 6.20 Å². The maximum atomic E-state index is 6.20. The zero-order chi connectivity index (χ0) is 12.3. The molecule has 1 aromatic heterocycles. The van der Waals surface area contributed by atoms with Crippen LogP contribution in [0.5, 0.6) is 0 Å². The Hall–Kier alpha value is -1.03. The molecule has 0 saturated heterocycles. The zero-order valence-corrected chi connectivity index (χ0v) is 11.2. The average Bonchev–Trinajstić information content (AvgIpc) is 3.13. The standard InChI is InChI=1S/C12H19ClN4/c1-3-7-17(9-5-6-9)11-10(13)8-15-12(16-11)14-4-2/h8-9H,3-7H2,1-2H3,(H,14,15,16). The summed E-state index contributed by atoms with van der Waals surface area (Å²) in [4.78, 5) is 11.0. The molecule has 94 valence electrons. The fourth-order valence-electron chi connectivity index (χ4n) is 1.89. The predicted molar refractivity (Wildman–Crippen MR) is 71.9 cm³/mol. The van der Waals surface area contributed by atoms with Crippen molar-refractivity contribution in [2.75, 3.05) is 23.3 Å². The third-order valence-electron chi connectivity index (χ3n) is 2.78. The lowest BCUT2D eigenvalue weighted by Crippen LogP contribution is -2.28. The molecule has 4 nitrogen and oxygen atoms in total. The van der Waals surface area contributed by atoms with Gasteiger partial charge in [-0.2, -0.15) is 4.98 Å². The first-order valence-electron chi connectivity index (χ1n) is 6.29. The molecule has 0 spiro atoms. The van der Waals surface area contributed by atoms with Gasteiger partial charge in [0, 0.05) is 19.1 Å². The van der Waals surface area contributed by atoms with Crippen molar-refractivity contribution in [3.05, 3.63) is 11.2 Å². The van der Waals surface area contributed by atoms with Crippen molar-refractivity contribution in [3.63, 3.8) is 0 Å². The molecule has 0 aromatic carbocycles. The molecule has 0 atom stereocenters. The molecule has 17 heavy (non-hydrogen) atoms. The Labute approximate surface area is 107 Å². The van der Waals surface area contributed by atoms with Crippen LogP contribution in [0.25, 0.3) is 0 Å². The molecule has 5 heteroatoms. The molecule has 1 N–H and O–H groups in total. The molecule has 0 unspecified atom stereocenters. The van der Waals surface area contributed by atoms with Gasteiger partial charge in [0.25, 0.3) is 0 Å². The summed E-state index contributed by atoms with van der Waals surface area (Å²) >= 11 is 6.20. The first-order valence-corrected chi connectivity index (χ1v) is 6.67. The van der Waals surface area contributed by atoms with Gasteiger partial charge in [-0.05, 0) is 26.2 Å². The molecule has 0 radical (unpaired) electrons. The van der Waals surface area contributed by atoms with E-state index < -0.39 is 0 Å². The van der Waals surface area contributed by atoms with E-state index in [1.165, 1.54) is 12.8 Å². The highest BCUT2D eigenvalue weighted by molar-refractivity contribution is 6.32. The Bertz CT molecular complexity index is 379. The van der Waals surface area contributed by atoms with Crippen molar-refractivity contribution in [2.24, 2.45) is 0 Å². The van der Waals surface area contributed by atoms with E-state index in [9.17, 15) is 0 Å². The van der Waals surface area contributed by atoms with Crippen molar-refractivity contribution in [1.82, 2.24) is 9.97 Å². The van der Waals surface area contributed by atoms with Crippen molar-refractivity contribution >= 4 is 23.4 Å². The smallest absolute Gasteiger partial charge is 0.224 e. The van der Waals surface area contributed by atoms with Crippen LogP contribution < -0.4 is 10.2 Å². The second-order valence-corrected chi connectivity index (χ2v) is 4.73. The molecule has 0 bridgehead atoms. The monoisotopic (exact) mass is 254 g/mol. The summed E-state index contributed by atoms with van der Waals surface area (Å²) < 4.78 is 0. The van der Waals surface area contributed by atoms with Gasteiger partial charge in [-0.25, -0.2) is 4.98 Å². The second-order valence-electron chi connectivity index (χ2n) is 4.32. The maximum Gasteiger partial charge on any atom is 0.224 e. The molecule has 2 rings (SSSR count). The number of rotatable bonds is 6. The van der Waals surface area contributed by atoms with E-state index in [4.69, 9.17) is 11.6 Å². The molecule has 1 aromatic rings. The van der Waals surface area contributed by atoms with Gasteiger partial charge in [-0.1, -0.05) is 18.5 Å². The van der Waals surface area contributed by atoms with Gasteiger partial charge in [-0.3, -0.25) is 0 Å². The number of aromatic nitrogens is 2. The summed E-state index contributed by atoms with van der Waals surface area (Å²) in [6.07, 6.45) is 5.29. The number of nitrogens with one attached hydrogen (secondary N) is 1. The third-order valence-corrected chi connectivity index (χ3v) is 3.05. The van der Waals surface area contributed by atoms with Gasteiger partial charge >= 0.3 is 0 Å². The van der Waals surface area contributed by atoms with E-state index in [1.54, 1.807) is 6.20 Å². The number of nitrogens with zero attached hydrogens (tertiary/aromatic N) is 3. The van der Waals surface area contributed by atoms with Crippen molar-refractivity contribution in [1.29, 1.82) is 0 Å². The van der Waals surface area contributed by atoms with E-state index in [0.717, 1.165) is 25.3 Å². The van der Waals surface area contributed by atoms with Gasteiger partial charge in [0.2, 0.25) is 5.95 Å². The summed E-state index contributed by atoms with van der Waals surface area (Å²) in [5, 5.41) is 3.77. The van der Waals surface area contributed by atoms with Crippen LogP contribution in [0, 0.1) is 0 Å². The van der Waals surface area contributed by atoms with E-state index in [1.807, 2.05) is 6.92 Å². The number of hydrogen-bond acceptors (Lipinski definition) is 4. The normalized spacial score (nSPS) is 14.8. The van der Waals surface area contributed by atoms with Crippen molar-refractivity contribution in [3.8, 4) is 0 Å². The first kappa shape index (κ1) is 12.4. The van der Waals surface area contributed by atoms with Gasteiger partial charge in [-0.15, -0.1) is 0 Å². The summed E-state index contributed by atoms with van der Waals surface area (Å²) in [5.74, 6) is 1.54. The van der Waals surface area contributed by atoms with Crippen LogP contribution in [0.15, 0.2) is 6.20 Å². The topological polar surface area (TPSA) is 41.1 Å². The molecule has 1 heterocycles. The van der Waals surface area contributed by atoms with Crippen molar-refractivity contribution < 1.29 is 0 Å². The lowest BCUT2D eigenvalue weighted by molar-refractivity contribution is 0.749. The Morgan fingerprint density at radius 3 is 2.82 bits per heavy atom. The molecule has 1 aliphatic rings. The van der Waals surface area contributed by atoms with Crippen LogP contribution in [0.2, 0.25) is 5.02 Å². The maximum absolute atomic E-state index is 6.20. The Balaban J connectivity index is 2.23. The minimum absolute atomic E-state index is 0.622. The zero-order valence-electron chi connectivity index (χ0n) is 10.4. The highest BCUT2D eigenvalue weighted by Crippen LogP contribution is 2.34. The average molecular weight is 255 g/mol. The quantitative estimate of drug-likeness (QED) is 0.848. The SMILES string of the molecule is CCCN(c1nc(NCC)ncc1Cl)C1CC1. The molecular formula is C12H19ClN4. The molecule has 1 saturated carbocycles. The largest absolute Gasteiger partial charge is 0.354 e. The Kier molecular flexibility index (Phi) is 4.05. The minimum atomic E-state index is 0.622. The number of hydrogen-bond donors (Lipinski definition) is 1. The number of anilines is 2. The summed E-state index contributed by atoms with van der Waals surface area (Å²) in [7, 11) is 0. The summed E-state index contributed by atoms with van der Waals surface area (Å²) in [5.41, 5.74) is 0. The van der Waals surface area contributed by atoms with Crippen LogP contribution >= 0.6 is 11.6 Å². The number of halogens is 1. The molecular weight excluding hydrogens is 236 g/mol. The lowest BCUT2D eigenvalue weighted by Gasteiger charge is -2.24. The Morgan fingerprint density at radius 2 is 2.24 bits per heavy atom. The predicted octanol–water partition coefficient (Wildman–Crippen LogP) is 2.94. The highest BCUT2D eigenvalue weighted by Gasteiger charge is 2.30. The van der Waals surface area contributed by atoms with Gasteiger partial charge in [0.15, 0.2) is 5.82 Å². The van der Waals surface area contributed by atoms with Crippen LogP contribution in [-0.2, 0) is 0 Å². The second kappa shape index (κ2) is 5.54. The lowest BCUT2D eigenvalue weighted by atomic mass is 10.3. The fraction of sp³-hybridized carbons (Fsp3) is 0.667. The van der Waals surface area contributed by atoms with Crippen LogP contribution in [0.1, 0.15) is 33.1 Å². The molecule has 0 amide bonds. The third kappa shape index (κ3) is 3.00. The van der Waals surface area contributed by atoms with E-state index in [2.05, 4.69) is 27.1 Å². The Morgan fingerprint density at radius 1 is 1.47 bits per heavy atom. The molecule has 0 aliphatic heterocycles. The summed E-state index contributed by atoms with van der Waals surface area (Å²) in [6.45, 7) is 6.03. The van der Waals surface area contributed by atoms with E-state index in [0.29, 0.717) is 17.0 Å². The fourth-order valence-corrected chi connectivity index (χ4v) is 2.09. The van der Waals surface area contributed by atoms with E-state index in [-0.39, 0.29) is 0 Å². The van der Waals surface area contributed by atoms with Crippen LogP contribution in [0.4, 0.5) is 11.8 Å². The first-order chi connectivity index (χ1) is 8.26. The highest BCUT2D eigenvalue weighted by atomic mass is 35.5. The van der Waals surface area contributed by atoms with Crippen LogP contribution in [0.3, 0.4) is 0 Å². The van der Waals surface area contributed by atoms with Gasteiger partial charge in [0.1, 0.15) is 5.02 Å². The minimum Gasteiger partial charge on any atom is -0.354 e. The van der Waals surface area contributed by atoms with E-state index >= 15 is 0 Å². The molecule has 1 fully saturated rings. The summed E-state index contributed by atoms with van der Waals surface area (Å²) in [6, 6.07) is 0.622. The van der Waals surface area contributed by atoms with Crippen molar-refractivity contribution in [2.45, 2.75) is 39.2 Å². The van der Waals surface area contributed by atoms with Gasteiger partial charge < -0.3 is 10.2 Å².